The maximum absolute atomic E-state index is 10.8. The highest BCUT2D eigenvalue weighted by Crippen LogP contribution is 2.25. The smallest absolute Gasteiger partial charge is 0.276 e. The zero-order chi connectivity index (χ0) is 14.0. The summed E-state index contributed by atoms with van der Waals surface area (Å²) in [6, 6.07) is 8.44. The number of hydrogen-bond acceptors (Lipinski definition) is 4. The Kier molecular flexibility index (Phi) is 3.66. The van der Waals surface area contributed by atoms with Gasteiger partial charge in [0.15, 0.2) is 0 Å². The molecule has 5 nitrogen and oxygen atoms in total. The summed E-state index contributed by atoms with van der Waals surface area (Å²) in [6.07, 6.45) is 0. The van der Waals surface area contributed by atoms with Gasteiger partial charge < -0.3 is 5.32 Å². The summed E-state index contributed by atoms with van der Waals surface area (Å²) in [5, 5.41) is 13.9. The number of nitrogens with zero attached hydrogens (tertiary/aromatic N) is 2. The molecule has 0 saturated carbocycles. The van der Waals surface area contributed by atoms with E-state index in [1.165, 1.54) is 12.1 Å². The minimum atomic E-state index is -0.499. The Bertz CT molecular complexity index is 644. The van der Waals surface area contributed by atoms with E-state index in [1.54, 1.807) is 0 Å². The molecule has 0 fully saturated rings. The number of hydrogen-bond donors (Lipinski definition) is 1. The molecule has 0 amide bonds. The van der Waals surface area contributed by atoms with Crippen LogP contribution in [0.3, 0.4) is 0 Å². The van der Waals surface area contributed by atoms with E-state index in [0.717, 1.165) is 16.8 Å². The number of rotatable bonds is 3. The number of nitro groups is 1. The van der Waals surface area contributed by atoms with Crippen LogP contribution in [0.1, 0.15) is 11.1 Å². The molecule has 6 heteroatoms. The first-order valence-corrected chi connectivity index (χ1v) is 6.00. The second-order valence-corrected chi connectivity index (χ2v) is 4.62. The number of aryl methyl sites for hydroxylation is 2. The van der Waals surface area contributed by atoms with E-state index < -0.39 is 4.92 Å². The topological polar surface area (TPSA) is 68.1 Å². The summed E-state index contributed by atoms with van der Waals surface area (Å²) in [5.74, 6) is 0.353. The lowest BCUT2D eigenvalue weighted by atomic mass is 10.1. The van der Waals surface area contributed by atoms with E-state index in [1.807, 2.05) is 32.0 Å². The van der Waals surface area contributed by atoms with E-state index in [4.69, 9.17) is 11.6 Å². The minimum Gasteiger partial charge on any atom is -0.340 e. The van der Waals surface area contributed by atoms with Crippen LogP contribution in [0, 0.1) is 24.0 Å². The Morgan fingerprint density at radius 3 is 2.63 bits per heavy atom. The molecule has 0 aliphatic rings. The SMILES string of the molecule is Cc1ccc(Nc2cc([N+](=O)[O-])cc(Cl)n2)c(C)c1. The molecular weight excluding hydrogens is 266 g/mol. The lowest BCUT2D eigenvalue weighted by Crippen LogP contribution is -1.98. The first-order chi connectivity index (χ1) is 8.95. The molecule has 0 aliphatic heterocycles. The van der Waals surface area contributed by atoms with Crippen LogP contribution in [0.2, 0.25) is 5.15 Å². The number of halogens is 1. The fraction of sp³-hybridized carbons (Fsp3) is 0.154. The number of pyridine rings is 1. The Morgan fingerprint density at radius 1 is 1.26 bits per heavy atom. The lowest BCUT2D eigenvalue weighted by molar-refractivity contribution is -0.384. The average molecular weight is 278 g/mol. The maximum atomic E-state index is 10.8. The molecule has 0 bridgehead atoms. The molecule has 0 atom stereocenters. The van der Waals surface area contributed by atoms with Crippen molar-refractivity contribution >= 4 is 28.8 Å². The van der Waals surface area contributed by atoms with Gasteiger partial charge in [0.25, 0.3) is 5.69 Å². The molecule has 0 unspecified atom stereocenters. The molecule has 0 saturated heterocycles. The Hall–Kier alpha value is -2.14. The zero-order valence-electron chi connectivity index (χ0n) is 10.5. The van der Waals surface area contributed by atoms with Gasteiger partial charge in [-0.15, -0.1) is 0 Å². The standard InChI is InChI=1S/C13H12ClN3O2/c1-8-3-4-11(9(2)5-8)15-13-7-10(17(18)19)6-12(14)16-13/h3-7H,1-2H3,(H,15,16). The van der Waals surface area contributed by atoms with Crippen LogP contribution in [-0.4, -0.2) is 9.91 Å². The average Bonchev–Trinajstić information content (AvgIpc) is 2.32. The maximum Gasteiger partial charge on any atom is 0.276 e. The van der Waals surface area contributed by atoms with Crippen LogP contribution in [-0.2, 0) is 0 Å². The Morgan fingerprint density at radius 2 is 2.00 bits per heavy atom. The lowest BCUT2D eigenvalue weighted by Gasteiger charge is -2.09. The van der Waals surface area contributed by atoms with Crippen molar-refractivity contribution in [3.63, 3.8) is 0 Å². The van der Waals surface area contributed by atoms with Crippen molar-refractivity contribution in [3.05, 3.63) is 56.7 Å². The highest BCUT2D eigenvalue weighted by molar-refractivity contribution is 6.29. The Balaban J connectivity index is 2.35. The van der Waals surface area contributed by atoms with Gasteiger partial charge in [0.05, 0.1) is 17.1 Å². The fourth-order valence-corrected chi connectivity index (χ4v) is 1.95. The van der Waals surface area contributed by atoms with Crippen LogP contribution in [0.4, 0.5) is 17.2 Å². The summed E-state index contributed by atoms with van der Waals surface area (Å²) in [4.78, 5) is 14.3. The van der Waals surface area contributed by atoms with Crippen LogP contribution < -0.4 is 5.32 Å². The van der Waals surface area contributed by atoms with Gasteiger partial charge in [-0.3, -0.25) is 10.1 Å². The van der Waals surface area contributed by atoms with Gasteiger partial charge in [-0.2, -0.15) is 0 Å². The van der Waals surface area contributed by atoms with Gasteiger partial charge in [-0.1, -0.05) is 29.3 Å². The van der Waals surface area contributed by atoms with E-state index in [9.17, 15) is 10.1 Å². The van der Waals surface area contributed by atoms with Crippen molar-refractivity contribution in [3.8, 4) is 0 Å². The van der Waals surface area contributed by atoms with Crippen molar-refractivity contribution in [2.75, 3.05) is 5.32 Å². The summed E-state index contributed by atoms with van der Waals surface area (Å²) in [7, 11) is 0. The van der Waals surface area contributed by atoms with Crippen LogP contribution >= 0.6 is 11.6 Å². The molecule has 1 aromatic carbocycles. The highest BCUT2D eigenvalue weighted by Gasteiger charge is 2.11. The van der Waals surface area contributed by atoms with Crippen LogP contribution in [0.15, 0.2) is 30.3 Å². The van der Waals surface area contributed by atoms with Crippen molar-refractivity contribution in [1.82, 2.24) is 4.98 Å². The summed E-state index contributed by atoms with van der Waals surface area (Å²) in [6.45, 7) is 3.95. The molecule has 1 heterocycles. The van der Waals surface area contributed by atoms with Gasteiger partial charge in [-0.25, -0.2) is 4.98 Å². The zero-order valence-corrected chi connectivity index (χ0v) is 11.2. The first kappa shape index (κ1) is 13.3. The molecule has 2 aromatic rings. The molecule has 0 aliphatic carbocycles. The second-order valence-electron chi connectivity index (χ2n) is 4.23. The molecular formula is C13H12ClN3O2. The number of anilines is 2. The quantitative estimate of drug-likeness (QED) is 0.523. The van der Waals surface area contributed by atoms with E-state index in [-0.39, 0.29) is 10.8 Å². The molecule has 2 rings (SSSR count). The Labute approximate surface area is 115 Å². The molecule has 0 radical (unpaired) electrons. The number of nitrogens with one attached hydrogen (secondary N) is 1. The monoisotopic (exact) mass is 277 g/mol. The van der Waals surface area contributed by atoms with E-state index in [0.29, 0.717) is 5.82 Å². The summed E-state index contributed by atoms with van der Waals surface area (Å²) >= 11 is 5.77. The summed E-state index contributed by atoms with van der Waals surface area (Å²) < 4.78 is 0. The predicted molar refractivity (Wildman–Crippen MR) is 75.1 cm³/mol. The van der Waals surface area contributed by atoms with Crippen molar-refractivity contribution in [2.24, 2.45) is 0 Å². The van der Waals surface area contributed by atoms with Gasteiger partial charge in [0, 0.05) is 5.69 Å². The minimum absolute atomic E-state index is 0.0847. The number of benzene rings is 1. The predicted octanol–water partition coefficient (Wildman–Crippen LogP) is 4.00. The van der Waals surface area contributed by atoms with Crippen LogP contribution in [0.25, 0.3) is 0 Å². The number of aromatic nitrogens is 1. The molecule has 1 aromatic heterocycles. The van der Waals surface area contributed by atoms with Crippen molar-refractivity contribution in [2.45, 2.75) is 13.8 Å². The third-order valence-electron chi connectivity index (χ3n) is 2.63. The van der Waals surface area contributed by atoms with Crippen LogP contribution in [0.5, 0.6) is 0 Å². The first-order valence-electron chi connectivity index (χ1n) is 5.62. The highest BCUT2D eigenvalue weighted by atomic mass is 35.5. The third-order valence-corrected chi connectivity index (χ3v) is 2.83. The fourth-order valence-electron chi connectivity index (χ4n) is 1.74. The van der Waals surface area contributed by atoms with Crippen molar-refractivity contribution < 1.29 is 4.92 Å². The second kappa shape index (κ2) is 5.24. The normalized spacial score (nSPS) is 10.3. The molecule has 19 heavy (non-hydrogen) atoms. The van der Waals surface area contributed by atoms with Gasteiger partial charge in [0.1, 0.15) is 11.0 Å². The molecule has 1 N–H and O–H groups in total. The molecule has 98 valence electrons. The molecule has 0 spiro atoms. The third kappa shape index (κ3) is 3.20. The largest absolute Gasteiger partial charge is 0.340 e. The van der Waals surface area contributed by atoms with Gasteiger partial charge in [-0.05, 0) is 25.5 Å². The summed E-state index contributed by atoms with van der Waals surface area (Å²) in [5.41, 5.74) is 2.93. The van der Waals surface area contributed by atoms with Crippen molar-refractivity contribution in [1.29, 1.82) is 0 Å². The van der Waals surface area contributed by atoms with E-state index in [2.05, 4.69) is 10.3 Å². The van der Waals surface area contributed by atoms with Gasteiger partial charge >= 0.3 is 0 Å². The van der Waals surface area contributed by atoms with E-state index >= 15 is 0 Å². The van der Waals surface area contributed by atoms with Gasteiger partial charge in [0.2, 0.25) is 0 Å².